The van der Waals surface area contributed by atoms with Gasteiger partial charge >= 0.3 is 0 Å². The molecule has 0 radical (unpaired) electrons. The quantitative estimate of drug-likeness (QED) is 0.169. The van der Waals surface area contributed by atoms with Crippen molar-refractivity contribution in [2.45, 2.75) is 0 Å². The van der Waals surface area contributed by atoms with E-state index in [0.29, 0.717) is 11.3 Å². The van der Waals surface area contributed by atoms with E-state index in [0.717, 1.165) is 0 Å². The second-order valence-corrected chi connectivity index (χ2v) is 12.8. The molecule has 2 aromatic heterocycles. The molecule has 2 heterocycles. The average molecular weight is 777 g/mol. The van der Waals surface area contributed by atoms with Gasteiger partial charge in [-0.1, -0.05) is 169 Å². The molecule has 57 heavy (non-hydrogen) atoms. The molecule has 0 saturated carbocycles. The van der Waals surface area contributed by atoms with Crippen LogP contribution < -0.4 is 0 Å². The maximum Gasteiger partial charge on any atom is 0.164 e. The van der Waals surface area contributed by atoms with Crippen LogP contribution in [0.2, 0.25) is 0 Å². The highest BCUT2D eigenvalue weighted by molar-refractivity contribution is 7.25. The van der Waals surface area contributed by atoms with E-state index in [4.69, 9.17) is 28.8 Å². The van der Waals surface area contributed by atoms with E-state index >= 15 is 0 Å². The van der Waals surface area contributed by atoms with Gasteiger partial charge in [0.2, 0.25) is 0 Å². The summed E-state index contributed by atoms with van der Waals surface area (Å²) in [6.07, 6.45) is 0. The summed E-state index contributed by atoms with van der Waals surface area (Å²) in [4.78, 5) is 13.2. The van der Waals surface area contributed by atoms with Gasteiger partial charge in [0.1, 0.15) is 0 Å². The Morgan fingerprint density at radius 3 is 1.74 bits per heavy atom. The lowest BCUT2D eigenvalue weighted by Gasteiger charge is -2.13. The predicted molar refractivity (Wildman–Crippen MR) is 240 cm³/mol. The Morgan fingerprint density at radius 1 is 0.316 bits per heavy atom. The molecule has 0 atom stereocenters. The largest absolute Gasteiger partial charge is 0.208 e. The molecule has 11 aromatic rings. The minimum absolute atomic E-state index is 0.122. The number of rotatable bonds is 6. The van der Waals surface area contributed by atoms with Crippen LogP contribution in [0.5, 0.6) is 0 Å². The summed E-state index contributed by atoms with van der Waals surface area (Å²) in [6.45, 7) is 0. The van der Waals surface area contributed by atoms with Gasteiger partial charge in [0.25, 0.3) is 0 Å². The summed E-state index contributed by atoms with van der Waals surface area (Å²) >= 11 is 0.665. The number of benzene rings is 9. The lowest BCUT2D eigenvalue weighted by Crippen LogP contribution is -2.01. The second-order valence-electron chi connectivity index (χ2n) is 11.8. The zero-order valence-electron chi connectivity index (χ0n) is 61.2. The SMILES string of the molecule is [2H]c1c([2H])c([2H])c(-c2c([2H])c([2H])c([2H])c([2H])c2-c2nc(-c3c([2H])c([2H])c([2H])c(-c4c([2H])c([2H])c5c([2H])c(-c6c([2H])c([2H])c([2H])c7sc8c([2H])c([2H])c([2H])c([2H])c8c67)c([2H])c([2H])c5c4[2H])c3[2H])nc(-c3c([2H])c([2H])c([2H])c4c([2H])c([2H])c([2H])c([2H])c34)n2)c([2H])c1[2H]. The van der Waals surface area contributed by atoms with Crippen LogP contribution in [0.15, 0.2) is 199 Å². The third-order valence-electron chi connectivity index (χ3n) is 8.50. The van der Waals surface area contributed by atoms with Crippen LogP contribution in [-0.4, -0.2) is 15.0 Å². The average Bonchev–Trinajstić information content (AvgIpc) is 1.22. The first-order valence-corrected chi connectivity index (χ1v) is 17.3. The van der Waals surface area contributed by atoms with Crippen LogP contribution in [0.25, 0.3) is 109 Å². The highest BCUT2D eigenvalue weighted by atomic mass is 32.1. The normalized spacial score (nSPS) is 19.6. The monoisotopic (exact) mass is 776 g/mol. The number of nitrogens with zero attached hydrogens (tertiary/aromatic N) is 3. The van der Waals surface area contributed by atoms with Crippen molar-refractivity contribution in [1.29, 1.82) is 0 Å². The zero-order valence-corrected chi connectivity index (χ0v) is 29.1. The number of aromatic nitrogens is 3. The van der Waals surface area contributed by atoms with Crippen LogP contribution in [-0.2, 0) is 0 Å². The Hall–Kier alpha value is -7.27. The molecule has 0 bridgehead atoms. The van der Waals surface area contributed by atoms with Gasteiger partial charge in [0, 0.05) is 36.9 Å². The molecule has 0 N–H and O–H groups in total. The van der Waals surface area contributed by atoms with Gasteiger partial charge in [-0.25, -0.2) is 15.0 Å². The van der Waals surface area contributed by atoms with Crippen LogP contribution in [0.1, 0.15) is 45.2 Å². The fraction of sp³-hybridized carbons (Fsp3) is 0. The van der Waals surface area contributed by atoms with Crippen molar-refractivity contribution in [1.82, 2.24) is 15.0 Å². The van der Waals surface area contributed by atoms with Crippen molar-refractivity contribution in [2.75, 3.05) is 0 Å². The highest BCUT2D eigenvalue weighted by Crippen LogP contribution is 2.41. The molecular weight excluding hydrogens is 711 g/mol. The minimum atomic E-state index is -1.17. The van der Waals surface area contributed by atoms with Gasteiger partial charge in [0.15, 0.2) is 17.5 Å². The molecule has 0 spiro atoms. The maximum atomic E-state index is 9.84. The number of thiophene rings is 1. The van der Waals surface area contributed by atoms with Crippen molar-refractivity contribution in [3.8, 4) is 67.5 Å². The van der Waals surface area contributed by atoms with Gasteiger partial charge < -0.3 is 0 Å². The van der Waals surface area contributed by atoms with Crippen LogP contribution >= 0.6 is 11.3 Å². The molecule has 0 amide bonds. The third-order valence-corrected chi connectivity index (χ3v) is 9.52. The molecule has 0 unspecified atom stereocenters. The minimum Gasteiger partial charge on any atom is -0.208 e. The summed E-state index contributed by atoms with van der Waals surface area (Å²) in [5.41, 5.74) is -7.55. The Bertz CT molecular complexity index is 5200. The van der Waals surface area contributed by atoms with E-state index in [1.165, 1.54) is 0 Å². The second kappa shape index (κ2) is 13.8. The summed E-state index contributed by atoms with van der Waals surface area (Å²) in [5.74, 6) is -3.06. The molecule has 266 valence electrons. The van der Waals surface area contributed by atoms with Gasteiger partial charge in [-0.2, -0.15) is 0 Å². The van der Waals surface area contributed by atoms with Crippen molar-refractivity contribution in [3.63, 3.8) is 0 Å². The first-order valence-electron chi connectivity index (χ1n) is 33.0. The van der Waals surface area contributed by atoms with Gasteiger partial charge in [0.05, 0.1) is 45.2 Å². The van der Waals surface area contributed by atoms with Crippen molar-refractivity contribution >= 4 is 53.1 Å². The predicted octanol–water partition coefficient (Wildman–Crippen LogP) is 14.5. The van der Waals surface area contributed by atoms with Crippen LogP contribution in [0.3, 0.4) is 0 Å². The first-order chi connectivity index (χ1) is 42.0. The zero-order chi connectivity index (χ0) is 66.4. The summed E-state index contributed by atoms with van der Waals surface area (Å²) < 4.78 is 296. The van der Waals surface area contributed by atoms with Crippen LogP contribution in [0.4, 0.5) is 0 Å². The van der Waals surface area contributed by atoms with E-state index in [2.05, 4.69) is 15.0 Å². The van der Waals surface area contributed by atoms with Crippen molar-refractivity contribution in [2.24, 2.45) is 0 Å². The van der Waals surface area contributed by atoms with Crippen molar-refractivity contribution < 1.29 is 45.2 Å². The molecule has 0 aliphatic rings. The van der Waals surface area contributed by atoms with Crippen LogP contribution in [0, 0.1) is 0 Å². The summed E-state index contributed by atoms with van der Waals surface area (Å²) in [5, 5.41) is -3.41. The summed E-state index contributed by atoms with van der Waals surface area (Å²) in [6, 6.07) is -31.2. The lowest BCUT2D eigenvalue weighted by molar-refractivity contribution is 1.08. The maximum absolute atomic E-state index is 9.84. The fourth-order valence-electron chi connectivity index (χ4n) is 5.99. The molecule has 9 aromatic carbocycles. The van der Waals surface area contributed by atoms with E-state index in [1.54, 1.807) is 0 Å². The standard InChI is InChI=1S/C53H33N3S/c1-2-13-34(14-3-1)42-20-6-7-21-45(42)52-54-51(55-53(56-52)46-24-11-16-35-15-4-5-19-43(35)46)41-18-10-17-36(33-41)37-27-28-39-32-40(30-29-38(39)31-37)44-23-12-26-49-50(44)47-22-8-9-25-48(47)57-49/h1-33H/i1D,2D,3D,4D,5D,6D,7D,8D,9D,10D,11D,12D,13D,14D,15D,16D,17D,18D,19D,20D,21D,22D,23D,24D,25D,26D,27D,28D,29D,30D,31D,32D,33D. The molecule has 3 nitrogen and oxygen atoms in total. The lowest BCUT2D eigenvalue weighted by atomic mass is 9.95. The van der Waals surface area contributed by atoms with Crippen molar-refractivity contribution in [3.05, 3.63) is 199 Å². The number of fused-ring (bicyclic) bond motifs is 5. The molecule has 0 aliphatic heterocycles. The Kier molecular flexibility index (Phi) is 3.32. The molecule has 4 heteroatoms. The Balaban J connectivity index is 1.27. The van der Waals surface area contributed by atoms with E-state index in [1.807, 2.05) is 0 Å². The molecule has 0 saturated heterocycles. The topological polar surface area (TPSA) is 38.7 Å². The molecule has 0 aliphatic carbocycles. The van der Waals surface area contributed by atoms with E-state index in [9.17, 15) is 16.4 Å². The van der Waals surface area contributed by atoms with Gasteiger partial charge in [-0.05, 0) is 85.1 Å². The smallest absolute Gasteiger partial charge is 0.164 e. The van der Waals surface area contributed by atoms with Gasteiger partial charge in [-0.15, -0.1) is 11.3 Å². The summed E-state index contributed by atoms with van der Waals surface area (Å²) in [7, 11) is 0. The number of hydrogen-bond donors (Lipinski definition) is 0. The Morgan fingerprint density at radius 2 is 0.860 bits per heavy atom. The molecule has 11 rings (SSSR count). The molecule has 0 fully saturated rings. The van der Waals surface area contributed by atoms with E-state index < -0.39 is 288 Å². The fourth-order valence-corrected chi connectivity index (χ4v) is 6.96. The Labute approximate surface area is 380 Å². The molecular formula is C53H33N3S. The van der Waals surface area contributed by atoms with Gasteiger partial charge in [-0.3, -0.25) is 0 Å². The number of hydrogen-bond acceptors (Lipinski definition) is 4. The van der Waals surface area contributed by atoms with E-state index in [-0.39, 0.29) is 20.2 Å². The highest BCUT2D eigenvalue weighted by Gasteiger charge is 2.18. The first kappa shape index (κ1) is 13.7. The third kappa shape index (κ3) is 5.95.